The van der Waals surface area contributed by atoms with Crippen LogP contribution in [-0.2, 0) is 16.1 Å². The maximum atomic E-state index is 12.6. The predicted molar refractivity (Wildman–Crippen MR) is 107 cm³/mol. The van der Waals surface area contributed by atoms with Gasteiger partial charge in [-0.3, -0.25) is 19.5 Å². The van der Waals surface area contributed by atoms with Crippen LogP contribution in [0.25, 0.3) is 0 Å². The minimum atomic E-state index is 0.0620. The average molecular weight is 385 g/mol. The van der Waals surface area contributed by atoms with Gasteiger partial charge in [0.05, 0.1) is 18.2 Å². The van der Waals surface area contributed by atoms with Gasteiger partial charge in [0.25, 0.3) is 0 Å². The zero-order valence-electron chi connectivity index (χ0n) is 16.7. The van der Waals surface area contributed by atoms with Gasteiger partial charge in [-0.25, -0.2) is 0 Å². The summed E-state index contributed by atoms with van der Waals surface area (Å²) in [6.45, 7) is 4.17. The van der Waals surface area contributed by atoms with E-state index < -0.39 is 0 Å². The van der Waals surface area contributed by atoms with Gasteiger partial charge in [-0.2, -0.15) is 0 Å². The summed E-state index contributed by atoms with van der Waals surface area (Å²) in [5.74, 6) is 1.23. The smallest absolute Gasteiger partial charge is 0.224 e. The first-order valence-electron chi connectivity index (χ1n) is 10.9. The first kappa shape index (κ1) is 19.4. The van der Waals surface area contributed by atoms with Crippen LogP contribution in [0.4, 0.5) is 0 Å². The van der Waals surface area contributed by atoms with Crippen LogP contribution in [0, 0.1) is 11.8 Å². The summed E-state index contributed by atoms with van der Waals surface area (Å²) in [6, 6.07) is 6.27. The summed E-state index contributed by atoms with van der Waals surface area (Å²) in [7, 11) is 0. The SMILES string of the molecule is O=C(NCc1ccccn1)C1CCCN(C2CCN(C(=O)CC3CC3)CC2)C1. The van der Waals surface area contributed by atoms with Crippen molar-refractivity contribution in [3.8, 4) is 0 Å². The lowest BCUT2D eigenvalue weighted by atomic mass is 9.93. The molecule has 2 aliphatic heterocycles. The van der Waals surface area contributed by atoms with E-state index in [0.717, 1.165) is 64.0 Å². The molecule has 1 saturated carbocycles. The summed E-state index contributed by atoms with van der Waals surface area (Å²) in [5, 5.41) is 3.06. The molecule has 3 fully saturated rings. The van der Waals surface area contributed by atoms with Gasteiger partial charge in [-0.1, -0.05) is 6.07 Å². The molecule has 1 unspecified atom stereocenters. The van der Waals surface area contributed by atoms with Crippen LogP contribution in [0.2, 0.25) is 0 Å². The highest BCUT2D eigenvalue weighted by molar-refractivity contribution is 5.79. The highest BCUT2D eigenvalue weighted by atomic mass is 16.2. The van der Waals surface area contributed by atoms with Crippen molar-refractivity contribution in [3.63, 3.8) is 0 Å². The Labute approximate surface area is 167 Å². The number of carbonyl (C=O) groups excluding carboxylic acids is 2. The summed E-state index contributed by atoms with van der Waals surface area (Å²) >= 11 is 0. The summed E-state index contributed by atoms with van der Waals surface area (Å²) in [6.07, 6.45) is 9.10. The van der Waals surface area contributed by atoms with Crippen molar-refractivity contribution in [2.75, 3.05) is 26.2 Å². The molecule has 1 N–H and O–H groups in total. The van der Waals surface area contributed by atoms with Crippen molar-refractivity contribution in [2.24, 2.45) is 11.8 Å². The third-order valence-electron chi connectivity index (χ3n) is 6.49. The molecule has 3 heterocycles. The Hall–Kier alpha value is -1.95. The van der Waals surface area contributed by atoms with E-state index in [1.165, 1.54) is 12.8 Å². The number of likely N-dealkylation sites (tertiary alicyclic amines) is 2. The Balaban J connectivity index is 1.22. The first-order valence-corrected chi connectivity index (χ1v) is 10.9. The van der Waals surface area contributed by atoms with E-state index in [9.17, 15) is 9.59 Å². The molecule has 2 saturated heterocycles. The Morgan fingerprint density at radius 3 is 2.61 bits per heavy atom. The fraction of sp³-hybridized carbons (Fsp3) is 0.682. The third kappa shape index (κ3) is 5.10. The molecule has 2 amide bonds. The van der Waals surface area contributed by atoms with Gasteiger partial charge in [0.1, 0.15) is 0 Å². The van der Waals surface area contributed by atoms with Crippen LogP contribution >= 0.6 is 0 Å². The lowest BCUT2D eigenvalue weighted by Crippen LogP contribution is -2.51. The first-order chi connectivity index (χ1) is 13.7. The van der Waals surface area contributed by atoms with Crippen LogP contribution in [0.1, 0.15) is 50.6 Å². The Morgan fingerprint density at radius 1 is 1.07 bits per heavy atom. The number of amides is 2. The third-order valence-corrected chi connectivity index (χ3v) is 6.49. The molecule has 0 radical (unpaired) electrons. The molecule has 0 aromatic carbocycles. The fourth-order valence-corrected chi connectivity index (χ4v) is 4.56. The number of nitrogens with zero attached hydrogens (tertiary/aromatic N) is 3. The highest BCUT2D eigenvalue weighted by Crippen LogP contribution is 2.33. The second-order valence-electron chi connectivity index (χ2n) is 8.63. The van der Waals surface area contributed by atoms with Crippen molar-refractivity contribution in [2.45, 2.75) is 57.5 Å². The number of piperidine rings is 2. The van der Waals surface area contributed by atoms with Gasteiger partial charge in [-0.15, -0.1) is 0 Å². The molecule has 0 bridgehead atoms. The molecule has 4 rings (SSSR count). The van der Waals surface area contributed by atoms with Crippen LogP contribution in [0.5, 0.6) is 0 Å². The number of carbonyl (C=O) groups is 2. The minimum Gasteiger partial charge on any atom is -0.350 e. The number of hydrogen-bond acceptors (Lipinski definition) is 4. The topological polar surface area (TPSA) is 65.5 Å². The van der Waals surface area contributed by atoms with E-state index in [2.05, 4.69) is 20.1 Å². The van der Waals surface area contributed by atoms with Crippen LogP contribution in [-0.4, -0.2) is 58.8 Å². The van der Waals surface area contributed by atoms with Crippen molar-refractivity contribution >= 4 is 11.8 Å². The number of aromatic nitrogens is 1. The maximum absolute atomic E-state index is 12.6. The average Bonchev–Trinajstić information content (AvgIpc) is 3.57. The van der Waals surface area contributed by atoms with E-state index >= 15 is 0 Å². The molecule has 1 aromatic heterocycles. The molecule has 28 heavy (non-hydrogen) atoms. The number of nitrogens with one attached hydrogen (secondary N) is 1. The van der Waals surface area contributed by atoms with Crippen molar-refractivity contribution < 1.29 is 9.59 Å². The second kappa shape index (κ2) is 9.03. The molecule has 3 aliphatic rings. The van der Waals surface area contributed by atoms with E-state index in [-0.39, 0.29) is 11.8 Å². The van der Waals surface area contributed by atoms with Gasteiger partial charge in [0, 0.05) is 38.3 Å². The minimum absolute atomic E-state index is 0.0620. The molecule has 1 atom stereocenters. The van der Waals surface area contributed by atoms with E-state index in [1.807, 2.05) is 18.2 Å². The fourth-order valence-electron chi connectivity index (χ4n) is 4.56. The molecule has 6 nitrogen and oxygen atoms in total. The van der Waals surface area contributed by atoms with Gasteiger partial charge in [0.15, 0.2) is 0 Å². The quantitative estimate of drug-likeness (QED) is 0.817. The van der Waals surface area contributed by atoms with Crippen molar-refractivity contribution in [3.05, 3.63) is 30.1 Å². The predicted octanol–water partition coefficient (Wildman–Crippen LogP) is 2.20. The van der Waals surface area contributed by atoms with Gasteiger partial charge < -0.3 is 10.2 Å². The van der Waals surface area contributed by atoms with E-state index in [0.29, 0.717) is 24.4 Å². The molecular weight excluding hydrogens is 352 g/mol. The number of rotatable bonds is 6. The largest absolute Gasteiger partial charge is 0.350 e. The van der Waals surface area contributed by atoms with Gasteiger partial charge >= 0.3 is 0 Å². The summed E-state index contributed by atoms with van der Waals surface area (Å²) in [5.41, 5.74) is 0.895. The standard InChI is InChI=1S/C22H32N4O2/c27-21(14-17-6-7-17)25-12-8-20(9-13-25)26-11-3-4-18(16-26)22(28)24-15-19-5-1-2-10-23-19/h1-2,5,10,17-18,20H,3-4,6-9,11-16H2,(H,24,28). The van der Waals surface area contributed by atoms with E-state index in [4.69, 9.17) is 0 Å². The summed E-state index contributed by atoms with van der Waals surface area (Å²) in [4.78, 5) is 33.8. The highest BCUT2D eigenvalue weighted by Gasteiger charge is 2.33. The van der Waals surface area contributed by atoms with Crippen molar-refractivity contribution in [1.29, 1.82) is 0 Å². The number of hydrogen-bond donors (Lipinski definition) is 1. The number of pyridine rings is 1. The van der Waals surface area contributed by atoms with E-state index in [1.54, 1.807) is 6.20 Å². The Bertz CT molecular complexity index is 668. The van der Waals surface area contributed by atoms with Crippen LogP contribution in [0.3, 0.4) is 0 Å². The molecule has 1 aliphatic carbocycles. The Kier molecular flexibility index (Phi) is 6.25. The zero-order valence-corrected chi connectivity index (χ0v) is 16.7. The van der Waals surface area contributed by atoms with Gasteiger partial charge in [-0.05, 0) is 63.1 Å². The summed E-state index contributed by atoms with van der Waals surface area (Å²) < 4.78 is 0. The zero-order chi connectivity index (χ0) is 19.3. The lowest BCUT2D eigenvalue weighted by molar-refractivity contribution is -0.133. The van der Waals surface area contributed by atoms with Crippen molar-refractivity contribution in [1.82, 2.24) is 20.1 Å². The monoisotopic (exact) mass is 384 g/mol. The Morgan fingerprint density at radius 2 is 1.89 bits per heavy atom. The molecule has 152 valence electrons. The van der Waals surface area contributed by atoms with Crippen LogP contribution < -0.4 is 5.32 Å². The lowest BCUT2D eigenvalue weighted by Gasteiger charge is -2.42. The molecule has 6 heteroatoms. The molecular formula is C22H32N4O2. The van der Waals surface area contributed by atoms with Gasteiger partial charge in [0.2, 0.25) is 11.8 Å². The normalized spacial score (nSPS) is 24.1. The van der Waals surface area contributed by atoms with Crippen LogP contribution in [0.15, 0.2) is 24.4 Å². The maximum Gasteiger partial charge on any atom is 0.224 e. The molecule has 1 aromatic rings. The molecule has 0 spiro atoms. The second-order valence-corrected chi connectivity index (χ2v) is 8.63.